The first-order valence-electron chi connectivity index (χ1n) is 5.50. The molecule has 0 radical (unpaired) electrons. The molecule has 0 bridgehead atoms. The van der Waals surface area contributed by atoms with Crippen LogP contribution in [-0.2, 0) is 0 Å². The average molecular weight is 336 g/mol. The van der Waals surface area contributed by atoms with E-state index in [4.69, 9.17) is 5.84 Å². The second-order valence-corrected chi connectivity index (χ2v) is 5.77. The summed E-state index contributed by atoms with van der Waals surface area (Å²) in [4.78, 5) is 9.84. The molecule has 0 aliphatic rings. The molecule has 2 heterocycles. The van der Waals surface area contributed by atoms with Crippen LogP contribution in [0.15, 0.2) is 57.3 Å². The Morgan fingerprint density at radius 2 is 2.05 bits per heavy atom. The van der Waals surface area contributed by atoms with Crippen molar-refractivity contribution in [2.24, 2.45) is 5.84 Å². The lowest BCUT2D eigenvalue weighted by Gasteiger charge is -2.06. The summed E-state index contributed by atoms with van der Waals surface area (Å²) in [6.07, 6.45) is 5.40. The minimum absolute atomic E-state index is 0.602. The number of nitrogen functional groups attached to an aromatic ring is 1. The zero-order chi connectivity index (χ0) is 13.2. The van der Waals surface area contributed by atoms with E-state index in [0.717, 1.165) is 20.0 Å². The molecule has 0 atom stereocenters. The predicted octanol–water partition coefficient (Wildman–Crippen LogP) is 2.93. The first kappa shape index (κ1) is 12.5. The fourth-order valence-electron chi connectivity index (χ4n) is 1.66. The van der Waals surface area contributed by atoms with E-state index in [1.165, 1.54) is 0 Å². The van der Waals surface area contributed by atoms with Crippen molar-refractivity contribution in [3.63, 3.8) is 0 Å². The number of aromatic nitrogens is 3. The average Bonchev–Trinajstić information content (AvgIpc) is 2.89. The monoisotopic (exact) mass is 335 g/mol. The second kappa shape index (κ2) is 5.20. The van der Waals surface area contributed by atoms with Gasteiger partial charge < -0.3 is 9.83 Å². The third kappa shape index (κ3) is 2.58. The molecule has 0 fully saturated rings. The number of rotatable bonds is 3. The molecule has 3 rings (SSSR count). The number of hydrogen-bond acceptors (Lipinski definition) is 5. The fraction of sp³-hybridized carbons (Fsp3) is 0. The molecule has 2 aromatic heterocycles. The highest BCUT2D eigenvalue weighted by Gasteiger charge is 2.08. The lowest BCUT2D eigenvalue weighted by atomic mass is 10.4. The van der Waals surface area contributed by atoms with Gasteiger partial charge in [0.2, 0.25) is 0 Å². The fourth-order valence-corrected chi connectivity index (χ4v) is 2.81. The summed E-state index contributed by atoms with van der Waals surface area (Å²) in [5, 5.41) is 0.808. The number of nitrogens with two attached hydrogens (primary N) is 1. The normalized spacial score (nSPS) is 10.8. The highest BCUT2D eigenvalue weighted by atomic mass is 79.9. The number of benzene rings is 1. The molecule has 0 aliphatic carbocycles. The Morgan fingerprint density at radius 3 is 2.79 bits per heavy atom. The minimum atomic E-state index is 0.602. The molecule has 19 heavy (non-hydrogen) atoms. The molecule has 96 valence electrons. The molecule has 3 aromatic rings. The van der Waals surface area contributed by atoms with Crippen LogP contribution in [0.2, 0.25) is 0 Å². The standard InChI is InChI=1S/C12H10BrN5S/c13-8-1-3-9(4-2-8)19-12-11-15-5-6-18(11)7-10(16-12)17-14/h1-7,17H,14H2. The third-order valence-electron chi connectivity index (χ3n) is 2.52. The van der Waals surface area contributed by atoms with Gasteiger partial charge in [0.25, 0.3) is 0 Å². The number of imidazole rings is 1. The summed E-state index contributed by atoms with van der Waals surface area (Å²) in [5.74, 6) is 6.03. The highest BCUT2D eigenvalue weighted by Crippen LogP contribution is 2.30. The van der Waals surface area contributed by atoms with E-state index in [1.807, 2.05) is 34.9 Å². The molecule has 0 saturated heterocycles. The molecule has 0 amide bonds. The van der Waals surface area contributed by atoms with Crippen LogP contribution in [0.4, 0.5) is 5.82 Å². The molecule has 0 spiro atoms. The van der Waals surface area contributed by atoms with Gasteiger partial charge >= 0.3 is 0 Å². The lowest BCUT2D eigenvalue weighted by Crippen LogP contribution is -2.10. The van der Waals surface area contributed by atoms with Crippen molar-refractivity contribution in [3.05, 3.63) is 47.3 Å². The zero-order valence-electron chi connectivity index (χ0n) is 9.75. The third-order valence-corrected chi connectivity index (χ3v) is 4.02. The van der Waals surface area contributed by atoms with Crippen LogP contribution in [0.25, 0.3) is 5.65 Å². The quantitative estimate of drug-likeness (QED) is 0.569. The first-order chi connectivity index (χ1) is 9.26. The van der Waals surface area contributed by atoms with Crippen LogP contribution in [0.1, 0.15) is 0 Å². The van der Waals surface area contributed by atoms with E-state index in [0.29, 0.717) is 5.82 Å². The summed E-state index contributed by atoms with van der Waals surface area (Å²) in [6, 6.07) is 8.04. The lowest BCUT2D eigenvalue weighted by molar-refractivity contribution is 1.02. The Kier molecular flexibility index (Phi) is 3.41. The highest BCUT2D eigenvalue weighted by molar-refractivity contribution is 9.10. The van der Waals surface area contributed by atoms with Crippen LogP contribution in [0.5, 0.6) is 0 Å². The second-order valence-electron chi connectivity index (χ2n) is 3.79. The van der Waals surface area contributed by atoms with Crippen LogP contribution in [0, 0.1) is 0 Å². The number of nitrogens with zero attached hydrogens (tertiary/aromatic N) is 3. The van der Waals surface area contributed by atoms with Gasteiger partial charge in [0.1, 0.15) is 5.03 Å². The van der Waals surface area contributed by atoms with E-state index in [2.05, 4.69) is 31.3 Å². The van der Waals surface area contributed by atoms with Crippen LogP contribution in [0.3, 0.4) is 0 Å². The number of hydrazine groups is 1. The zero-order valence-corrected chi connectivity index (χ0v) is 12.1. The van der Waals surface area contributed by atoms with Crippen LogP contribution in [-0.4, -0.2) is 14.4 Å². The maximum Gasteiger partial charge on any atom is 0.170 e. The Hall–Kier alpha value is -1.57. The van der Waals surface area contributed by atoms with Gasteiger partial charge in [-0.15, -0.1) is 0 Å². The smallest absolute Gasteiger partial charge is 0.170 e. The molecular formula is C12H10BrN5S. The van der Waals surface area contributed by atoms with E-state index < -0.39 is 0 Å². The van der Waals surface area contributed by atoms with Crippen molar-refractivity contribution in [2.75, 3.05) is 5.43 Å². The molecule has 5 nitrogen and oxygen atoms in total. The van der Waals surface area contributed by atoms with Crippen molar-refractivity contribution in [2.45, 2.75) is 9.92 Å². The topological polar surface area (TPSA) is 68.2 Å². The Balaban J connectivity index is 2.03. The van der Waals surface area contributed by atoms with Gasteiger partial charge in [-0.25, -0.2) is 15.8 Å². The molecule has 0 saturated carbocycles. The SMILES string of the molecule is NNc1cn2ccnc2c(Sc2ccc(Br)cc2)n1. The molecule has 0 aliphatic heterocycles. The van der Waals surface area contributed by atoms with Gasteiger partial charge in [0, 0.05) is 21.8 Å². The first-order valence-corrected chi connectivity index (χ1v) is 7.11. The van der Waals surface area contributed by atoms with Crippen molar-refractivity contribution < 1.29 is 0 Å². The van der Waals surface area contributed by atoms with Crippen LogP contribution >= 0.6 is 27.7 Å². The number of anilines is 1. The number of fused-ring (bicyclic) bond motifs is 1. The molecular weight excluding hydrogens is 326 g/mol. The van der Waals surface area contributed by atoms with Gasteiger partial charge in [0.15, 0.2) is 11.5 Å². The maximum atomic E-state index is 5.43. The minimum Gasteiger partial charge on any atom is -0.307 e. The molecule has 3 N–H and O–H groups in total. The predicted molar refractivity (Wildman–Crippen MR) is 79.1 cm³/mol. The summed E-state index contributed by atoms with van der Waals surface area (Å²) < 4.78 is 2.94. The van der Waals surface area contributed by atoms with Gasteiger partial charge in [-0.3, -0.25) is 0 Å². The molecule has 0 unspecified atom stereocenters. The van der Waals surface area contributed by atoms with Crippen LogP contribution < -0.4 is 11.3 Å². The van der Waals surface area contributed by atoms with Crippen molar-refractivity contribution in [1.29, 1.82) is 0 Å². The number of nitrogens with one attached hydrogen (secondary N) is 1. The van der Waals surface area contributed by atoms with Crippen molar-refractivity contribution in [1.82, 2.24) is 14.4 Å². The van der Waals surface area contributed by atoms with E-state index in [-0.39, 0.29) is 0 Å². The summed E-state index contributed by atoms with van der Waals surface area (Å²) in [6.45, 7) is 0. The number of halogens is 1. The maximum absolute atomic E-state index is 5.43. The van der Waals surface area contributed by atoms with Gasteiger partial charge in [0.05, 0.1) is 6.20 Å². The Bertz CT molecular complexity index is 710. The van der Waals surface area contributed by atoms with Gasteiger partial charge in [-0.05, 0) is 24.3 Å². The molecule has 7 heteroatoms. The van der Waals surface area contributed by atoms with E-state index in [9.17, 15) is 0 Å². The van der Waals surface area contributed by atoms with E-state index >= 15 is 0 Å². The summed E-state index contributed by atoms with van der Waals surface area (Å²) >= 11 is 4.97. The Labute approximate surface area is 122 Å². The van der Waals surface area contributed by atoms with Crippen molar-refractivity contribution in [3.8, 4) is 0 Å². The Morgan fingerprint density at radius 1 is 1.26 bits per heavy atom. The summed E-state index contributed by atoms with van der Waals surface area (Å²) in [5.41, 5.74) is 3.38. The van der Waals surface area contributed by atoms with E-state index in [1.54, 1.807) is 24.2 Å². The number of hydrogen-bond donors (Lipinski definition) is 2. The van der Waals surface area contributed by atoms with Gasteiger partial charge in [-0.2, -0.15) is 0 Å². The largest absolute Gasteiger partial charge is 0.307 e. The molecule has 1 aromatic carbocycles. The van der Waals surface area contributed by atoms with Gasteiger partial charge in [-0.1, -0.05) is 27.7 Å². The summed E-state index contributed by atoms with van der Waals surface area (Å²) in [7, 11) is 0. The van der Waals surface area contributed by atoms with Crippen molar-refractivity contribution >= 4 is 39.2 Å².